The quantitative estimate of drug-likeness (QED) is 0.865. The van der Waals surface area contributed by atoms with E-state index in [0.717, 1.165) is 47.8 Å². The summed E-state index contributed by atoms with van der Waals surface area (Å²) in [5.74, 6) is 2.54. The van der Waals surface area contributed by atoms with E-state index in [0.29, 0.717) is 6.61 Å². The van der Waals surface area contributed by atoms with E-state index in [4.69, 9.17) is 9.47 Å². The maximum atomic E-state index is 5.95. The van der Waals surface area contributed by atoms with Gasteiger partial charge in [0.05, 0.1) is 0 Å². The monoisotopic (exact) mass is 284 g/mol. The van der Waals surface area contributed by atoms with E-state index in [9.17, 15) is 0 Å². The molecular weight excluding hydrogens is 264 g/mol. The molecule has 4 nitrogen and oxygen atoms in total. The smallest absolute Gasteiger partial charge is 0.161 e. The van der Waals surface area contributed by atoms with Gasteiger partial charge < -0.3 is 9.47 Å². The van der Waals surface area contributed by atoms with Crippen LogP contribution in [-0.4, -0.2) is 22.7 Å². The average molecular weight is 284 g/mol. The van der Waals surface area contributed by atoms with E-state index < -0.39 is 0 Å². The van der Waals surface area contributed by atoms with Crippen molar-refractivity contribution in [3.8, 4) is 11.5 Å². The molecule has 0 aliphatic carbocycles. The third-order valence-electron chi connectivity index (χ3n) is 3.72. The van der Waals surface area contributed by atoms with Gasteiger partial charge in [0.25, 0.3) is 0 Å². The number of benzene rings is 1. The molecule has 0 amide bonds. The Morgan fingerprint density at radius 3 is 2.86 bits per heavy atom. The Kier molecular flexibility index (Phi) is 4.04. The second-order valence-electron chi connectivity index (χ2n) is 5.31. The van der Waals surface area contributed by atoms with Crippen LogP contribution in [0.15, 0.2) is 30.5 Å². The van der Waals surface area contributed by atoms with E-state index in [1.165, 1.54) is 0 Å². The van der Waals surface area contributed by atoms with E-state index in [-0.39, 0.29) is 6.10 Å². The number of fused-ring (bicyclic) bond motifs is 1. The minimum atomic E-state index is 0.0647. The summed E-state index contributed by atoms with van der Waals surface area (Å²) in [4.78, 5) is 9.02. The van der Waals surface area contributed by atoms with Crippen molar-refractivity contribution in [1.82, 2.24) is 9.97 Å². The van der Waals surface area contributed by atoms with Gasteiger partial charge in [0.2, 0.25) is 0 Å². The van der Waals surface area contributed by atoms with Gasteiger partial charge in [-0.3, -0.25) is 0 Å². The van der Waals surface area contributed by atoms with E-state index in [2.05, 4.69) is 23.8 Å². The topological polar surface area (TPSA) is 44.2 Å². The molecule has 0 radical (unpaired) electrons. The molecular formula is C17H20N2O2. The van der Waals surface area contributed by atoms with Crippen LogP contribution in [0.2, 0.25) is 0 Å². The third kappa shape index (κ3) is 3.15. The molecule has 0 saturated carbocycles. The minimum Gasteiger partial charge on any atom is -0.486 e. The number of ether oxygens (including phenoxy) is 2. The summed E-state index contributed by atoms with van der Waals surface area (Å²) in [6.07, 6.45) is 4.59. The average Bonchev–Trinajstić information content (AvgIpc) is 2.54. The molecule has 4 heteroatoms. The predicted octanol–water partition coefficient (Wildman–Crippen LogP) is 3.12. The maximum Gasteiger partial charge on any atom is 0.161 e. The van der Waals surface area contributed by atoms with Gasteiger partial charge in [-0.25, -0.2) is 9.97 Å². The summed E-state index contributed by atoms with van der Waals surface area (Å²) in [7, 11) is 0. The van der Waals surface area contributed by atoms with Gasteiger partial charge in [-0.1, -0.05) is 19.1 Å². The highest BCUT2D eigenvalue weighted by molar-refractivity contribution is 5.40. The van der Waals surface area contributed by atoms with Crippen molar-refractivity contribution in [3.63, 3.8) is 0 Å². The zero-order valence-electron chi connectivity index (χ0n) is 12.5. The molecule has 0 spiro atoms. The number of aryl methyl sites for hydroxylation is 3. The molecule has 2 heterocycles. The second-order valence-corrected chi connectivity index (χ2v) is 5.31. The zero-order valence-corrected chi connectivity index (χ0v) is 12.5. The summed E-state index contributed by atoms with van der Waals surface area (Å²) >= 11 is 0. The molecule has 0 bridgehead atoms. The molecule has 1 atom stereocenters. The molecule has 3 rings (SSSR count). The minimum absolute atomic E-state index is 0.0647. The van der Waals surface area contributed by atoms with Crippen molar-refractivity contribution in [3.05, 3.63) is 47.5 Å². The van der Waals surface area contributed by atoms with Crippen molar-refractivity contribution < 1.29 is 9.47 Å². The molecule has 110 valence electrons. The normalized spacial score (nSPS) is 16.8. The van der Waals surface area contributed by atoms with Gasteiger partial charge in [0.15, 0.2) is 11.5 Å². The Bertz CT molecular complexity index is 628. The number of aromatic nitrogens is 2. The zero-order chi connectivity index (χ0) is 14.7. The van der Waals surface area contributed by atoms with Crippen molar-refractivity contribution in [2.45, 2.75) is 39.2 Å². The van der Waals surface area contributed by atoms with Crippen LogP contribution < -0.4 is 9.47 Å². The predicted molar refractivity (Wildman–Crippen MR) is 80.8 cm³/mol. The fraction of sp³-hybridized carbons (Fsp3) is 0.412. The number of rotatable bonds is 4. The molecule has 0 N–H and O–H groups in total. The Morgan fingerprint density at radius 2 is 2.05 bits per heavy atom. The fourth-order valence-corrected chi connectivity index (χ4v) is 2.49. The lowest BCUT2D eigenvalue weighted by molar-refractivity contribution is 0.0847. The Hall–Kier alpha value is -2.10. The van der Waals surface area contributed by atoms with Crippen molar-refractivity contribution >= 4 is 0 Å². The number of hydrogen-bond acceptors (Lipinski definition) is 4. The van der Waals surface area contributed by atoms with Crippen LogP contribution in [0.5, 0.6) is 11.5 Å². The van der Waals surface area contributed by atoms with Crippen molar-refractivity contribution in [2.75, 3.05) is 6.61 Å². The summed E-state index contributed by atoms with van der Waals surface area (Å²) in [6, 6.07) is 7.79. The van der Waals surface area contributed by atoms with Gasteiger partial charge in [0, 0.05) is 18.3 Å². The van der Waals surface area contributed by atoms with Crippen LogP contribution in [0.1, 0.15) is 30.4 Å². The van der Waals surface area contributed by atoms with Crippen LogP contribution >= 0.6 is 0 Å². The molecule has 1 aromatic carbocycles. The number of para-hydroxylation sites is 2. The first kappa shape index (κ1) is 13.9. The molecule has 1 aliphatic rings. The van der Waals surface area contributed by atoms with Crippen LogP contribution in [0.25, 0.3) is 0 Å². The van der Waals surface area contributed by atoms with E-state index in [1.807, 2.05) is 30.5 Å². The summed E-state index contributed by atoms with van der Waals surface area (Å²) in [6.45, 7) is 4.76. The van der Waals surface area contributed by atoms with Crippen molar-refractivity contribution in [1.29, 1.82) is 0 Å². The Balaban J connectivity index is 1.61. The van der Waals surface area contributed by atoms with E-state index >= 15 is 0 Å². The van der Waals surface area contributed by atoms with Crippen LogP contribution in [0.3, 0.4) is 0 Å². The SMILES string of the molecule is CCc1nc(CCC2COc3ccccc3O2)ncc1C. The van der Waals surface area contributed by atoms with E-state index in [1.54, 1.807) is 0 Å². The standard InChI is InChI=1S/C17H20N2O2/c1-3-14-12(2)10-18-17(19-14)9-8-13-11-20-15-6-4-5-7-16(15)21-13/h4-7,10,13H,3,8-9,11H2,1-2H3. The highest BCUT2D eigenvalue weighted by Gasteiger charge is 2.20. The highest BCUT2D eigenvalue weighted by atomic mass is 16.6. The third-order valence-corrected chi connectivity index (χ3v) is 3.72. The molecule has 1 aliphatic heterocycles. The largest absolute Gasteiger partial charge is 0.486 e. The molecule has 0 fully saturated rings. The van der Waals surface area contributed by atoms with Crippen LogP contribution in [0, 0.1) is 6.92 Å². The summed E-state index contributed by atoms with van der Waals surface area (Å²) in [5, 5.41) is 0. The summed E-state index contributed by atoms with van der Waals surface area (Å²) < 4.78 is 11.7. The molecule has 21 heavy (non-hydrogen) atoms. The van der Waals surface area contributed by atoms with Gasteiger partial charge in [0.1, 0.15) is 18.5 Å². The highest BCUT2D eigenvalue weighted by Crippen LogP contribution is 2.31. The number of hydrogen-bond donors (Lipinski definition) is 0. The molecule has 1 unspecified atom stereocenters. The van der Waals surface area contributed by atoms with Gasteiger partial charge >= 0.3 is 0 Å². The fourth-order valence-electron chi connectivity index (χ4n) is 2.49. The Morgan fingerprint density at radius 1 is 1.24 bits per heavy atom. The maximum absolute atomic E-state index is 5.95. The van der Waals surface area contributed by atoms with Gasteiger partial charge in [-0.15, -0.1) is 0 Å². The first-order valence-electron chi connectivity index (χ1n) is 7.46. The van der Waals surface area contributed by atoms with Gasteiger partial charge in [-0.05, 0) is 37.5 Å². The lowest BCUT2D eigenvalue weighted by atomic mass is 10.1. The van der Waals surface area contributed by atoms with Crippen LogP contribution in [0.4, 0.5) is 0 Å². The first-order chi connectivity index (χ1) is 10.3. The lowest BCUT2D eigenvalue weighted by Gasteiger charge is -2.26. The molecule has 0 saturated heterocycles. The molecule has 2 aromatic rings. The Labute approximate surface area is 125 Å². The molecule has 1 aromatic heterocycles. The first-order valence-corrected chi connectivity index (χ1v) is 7.46. The van der Waals surface area contributed by atoms with Crippen molar-refractivity contribution in [2.24, 2.45) is 0 Å². The summed E-state index contributed by atoms with van der Waals surface area (Å²) in [5.41, 5.74) is 2.29. The second kappa shape index (κ2) is 6.12. The van der Waals surface area contributed by atoms with Crippen LogP contribution in [-0.2, 0) is 12.8 Å². The number of nitrogens with zero attached hydrogens (tertiary/aromatic N) is 2. The van der Waals surface area contributed by atoms with Gasteiger partial charge in [-0.2, -0.15) is 0 Å². The lowest BCUT2D eigenvalue weighted by Crippen LogP contribution is -2.29.